The number of hydrogen-bond acceptors (Lipinski definition) is 5. The van der Waals surface area contributed by atoms with E-state index >= 15 is 0 Å². The van der Waals surface area contributed by atoms with E-state index in [1.54, 1.807) is 12.0 Å². The molecule has 5 nitrogen and oxygen atoms in total. The predicted octanol–water partition coefficient (Wildman–Crippen LogP) is 4.52. The van der Waals surface area contributed by atoms with Crippen LogP contribution in [0.15, 0.2) is 42.5 Å². The highest BCUT2D eigenvalue weighted by atomic mass is 35.5. The summed E-state index contributed by atoms with van der Waals surface area (Å²) in [6.45, 7) is 1.32. The third-order valence-corrected chi connectivity index (χ3v) is 5.52. The minimum Gasteiger partial charge on any atom is -0.497 e. The fourth-order valence-electron chi connectivity index (χ4n) is 2.66. The monoisotopic (exact) mass is 439 g/mol. The van der Waals surface area contributed by atoms with Gasteiger partial charge in [0, 0.05) is 13.1 Å². The number of anilines is 1. The number of methoxy groups -OCH3 is 1. The number of thiazole rings is 1. The number of para-hydroxylation sites is 1. The molecule has 0 saturated carbocycles. The smallest absolute Gasteiger partial charge is 0.233 e. The zero-order chi connectivity index (χ0) is 19.4. The normalized spacial score (nSPS) is 10.8. The summed E-state index contributed by atoms with van der Waals surface area (Å²) in [6, 6.07) is 13.2. The van der Waals surface area contributed by atoms with Crippen LogP contribution >= 0.6 is 35.3 Å². The number of likely N-dealkylation sites (N-methyl/N-ethyl adjacent to an activating group) is 1. The first kappa shape index (κ1) is 22.4. The Kier molecular flexibility index (Phi) is 8.07. The molecule has 28 heavy (non-hydrogen) atoms. The Morgan fingerprint density at radius 3 is 2.46 bits per heavy atom. The molecule has 0 aliphatic carbocycles. The Balaban J connectivity index is 0.00000280. The molecule has 2 aromatic carbocycles. The largest absolute Gasteiger partial charge is 0.497 e. The number of nitrogens with zero attached hydrogens (tertiary/aromatic N) is 3. The van der Waals surface area contributed by atoms with Crippen LogP contribution < -0.4 is 9.64 Å². The maximum absolute atomic E-state index is 13.1. The number of ether oxygens (including phenoxy) is 1. The fraction of sp³-hybridized carbons (Fsp3) is 0.300. The molecule has 0 radical (unpaired) electrons. The zero-order valence-corrected chi connectivity index (χ0v) is 18.4. The highest BCUT2D eigenvalue weighted by molar-refractivity contribution is 7.22. The van der Waals surface area contributed by atoms with Crippen molar-refractivity contribution in [3.8, 4) is 5.75 Å². The van der Waals surface area contributed by atoms with E-state index in [4.69, 9.17) is 16.3 Å². The average molecular weight is 440 g/mol. The van der Waals surface area contributed by atoms with Crippen molar-refractivity contribution in [2.75, 3.05) is 39.2 Å². The molecule has 1 heterocycles. The first-order valence-electron chi connectivity index (χ1n) is 8.61. The van der Waals surface area contributed by atoms with Crippen LogP contribution in [0.5, 0.6) is 5.75 Å². The number of amides is 1. The topological polar surface area (TPSA) is 45.7 Å². The molecule has 1 aromatic heterocycles. The van der Waals surface area contributed by atoms with Crippen LogP contribution in [0.25, 0.3) is 10.2 Å². The summed E-state index contributed by atoms with van der Waals surface area (Å²) >= 11 is 7.75. The maximum Gasteiger partial charge on any atom is 0.233 e. The van der Waals surface area contributed by atoms with Gasteiger partial charge < -0.3 is 9.64 Å². The lowest BCUT2D eigenvalue weighted by atomic mass is 10.1. The molecule has 0 aliphatic heterocycles. The highest BCUT2D eigenvalue weighted by Gasteiger charge is 2.21. The van der Waals surface area contributed by atoms with Gasteiger partial charge in [-0.15, -0.1) is 12.4 Å². The number of fused-ring (bicyclic) bond motifs is 1. The first-order chi connectivity index (χ1) is 13.0. The Morgan fingerprint density at radius 2 is 1.86 bits per heavy atom. The Labute approximate surface area is 180 Å². The van der Waals surface area contributed by atoms with Crippen molar-refractivity contribution < 1.29 is 9.53 Å². The standard InChI is InChI=1S/C20H22ClN3O2S.ClH/c1-23(2)11-12-24(18(25)13-14-7-9-15(26-3)10-8-14)20-22-19-16(21)5-4-6-17(19)27-20;/h4-10H,11-13H2,1-3H3;1H. The van der Waals surface area contributed by atoms with Crippen LogP contribution in [-0.2, 0) is 11.2 Å². The van der Waals surface area contributed by atoms with Crippen molar-refractivity contribution in [1.29, 1.82) is 0 Å². The fourth-order valence-corrected chi connectivity index (χ4v) is 3.97. The maximum atomic E-state index is 13.1. The number of aromatic nitrogens is 1. The molecule has 0 N–H and O–H groups in total. The SMILES string of the molecule is COc1ccc(CC(=O)N(CCN(C)C)c2nc3c(Cl)cccc3s2)cc1.Cl. The summed E-state index contributed by atoms with van der Waals surface area (Å²) in [5.74, 6) is 0.786. The van der Waals surface area contributed by atoms with E-state index in [1.165, 1.54) is 11.3 Å². The van der Waals surface area contributed by atoms with Crippen LogP contribution in [0.1, 0.15) is 5.56 Å². The third kappa shape index (κ3) is 5.35. The van der Waals surface area contributed by atoms with Crippen LogP contribution in [0.4, 0.5) is 5.13 Å². The lowest BCUT2D eigenvalue weighted by Gasteiger charge is -2.22. The molecule has 0 atom stereocenters. The molecule has 8 heteroatoms. The minimum absolute atomic E-state index is 0. The number of halogens is 2. The molecule has 0 bridgehead atoms. The van der Waals surface area contributed by atoms with Gasteiger partial charge in [0.2, 0.25) is 5.91 Å². The van der Waals surface area contributed by atoms with E-state index in [9.17, 15) is 4.79 Å². The summed E-state index contributed by atoms with van der Waals surface area (Å²) in [5, 5.41) is 1.28. The molecular weight excluding hydrogens is 417 g/mol. The average Bonchev–Trinajstić information content (AvgIpc) is 3.07. The molecule has 0 saturated heterocycles. The summed E-state index contributed by atoms with van der Waals surface area (Å²) in [6.07, 6.45) is 0.307. The molecule has 0 aliphatic rings. The van der Waals surface area contributed by atoms with Gasteiger partial charge in [-0.25, -0.2) is 4.98 Å². The van der Waals surface area contributed by atoms with Crippen LogP contribution in [0, 0.1) is 0 Å². The van der Waals surface area contributed by atoms with Crippen molar-refractivity contribution in [2.24, 2.45) is 0 Å². The number of carbonyl (C=O) groups excluding carboxylic acids is 1. The molecule has 150 valence electrons. The third-order valence-electron chi connectivity index (χ3n) is 4.18. The molecule has 0 unspecified atom stereocenters. The number of hydrogen-bond donors (Lipinski definition) is 0. The van der Waals surface area contributed by atoms with Gasteiger partial charge in [-0.3, -0.25) is 9.69 Å². The van der Waals surface area contributed by atoms with E-state index in [0.717, 1.165) is 28.1 Å². The van der Waals surface area contributed by atoms with Crippen molar-refractivity contribution >= 4 is 56.6 Å². The Morgan fingerprint density at radius 1 is 1.14 bits per heavy atom. The molecule has 0 fully saturated rings. The summed E-state index contributed by atoms with van der Waals surface area (Å²) < 4.78 is 6.16. The lowest BCUT2D eigenvalue weighted by molar-refractivity contribution is -0.118. The minimum atomic E-state index is 0. The van der Waals surface area contributed by atoms with Crippen molar-refractivity contribution in [3.63, 3.8) is 0 Å². The highest BCUT2D eigenvalue weighted by Crippen LogP contribution is 2.33. The van der Waals surface area contributed by atoms with E-state index in [2.05, 4.69) is 4.98 Å². The van der Waals surface area contributed by atoms with Gasteiger partial charge in [0.1, 0.15) is 11.3 Å². The van der Waals surface area contributed by atoms with Gasteiger partial charge >= 0.3 is 0 Å². The van der Waals surface area contributed by atoms with E-state index in [-0.39, 0.29) is 18.3 Å². The first-order valence-corrected chi connectivity index (χ1v) is 9.80. The van der Waals surface area contributed by atoms with Gasteiger partial charge in [-0.05, 0) is 43.9 Å². The Bertz CT molecular complexity index is 929. The van der Waals surface area contributed by atoms with Crippen LogP contribution in [0.2, 0.25) is 5.02 Å². The van der Waals surface area contributed by atoms with Gasteiger partial charge in [0.25, 0.3) is 0 Å². The van der Waals surface area contributed by atoms with Gasteiger partial charge in [0.05, 0.1) is 23.3 Å². The van der Waals surface area contributed by atoms with Crippen LogP contribution in [-0.4, -0.2) is 50.1 Å². The quantitative estimate of drug-likeness (QED) is 0.542. The molecule has 0 spiro atoms. The number of rotatable bonds is 7. The molecule has 3 rings (SSSR count). The van der Waals surface area contributed by atoms with Gasteiger partial charge in [-0.2, -0.15) is 0 Å². The van der Waals surface area contributed by atoms with Crippen molar-refractivity contribution in [1.82, 2.24) is 9.88 Å². The van der Waals surface area contributed by atoms with Gasteiger partial charge in [-0.1, -0.05) is 41.1 Å². The van der Waals surface area contributed by atoms with Gasteiger partial charge in [0.15, 0.2) is 5.13 Å². The van der Waals surface area contributed by atoms with Crippen LogP contribution in [0.3, 0.4) is 0 Å². The summed E-state index contributed by atoms with van der Waals surface area (Å²) in [5.41, 5.74) is 1.68. The van der Waals surface area contributed by atoms with E-state index in [1.807, 2.05) is 61.5 Å². The second kappa shape index (κ2) is 10.1. The van der Waals surface area contributed by atoms with Crippen molar-refractivity contribution in [3.05, 3.63) is 53.1 Å². The molecule has 3 aromatic rings. The summed E-state index contributed by atoms with van der Waals surface area (Å²) in [4.78, 5) is 21.5. The predicted molar refractivity (Wildman–Crippen MR) is 119 cm³/mol. The van der Waals surface area contributed by atoms with E-state index in [0.29, 0.717) is 23.1 Å². The lowest BCUT2D eigenvalue weighted by Crippen LogP contribution is -2.37. The van der Waals surface area contributed by atoms with E-state index < -0.39 is 0 Å². The Hall–Kier alpha value is -1.86. The number of benzene rings is 2. The molecule has 1 amide bonds. The zero-order valence-electron chi connectivity index (χ0n) is 16.0. The van der Waals surface area contributed by atoms with Crippen molar-refractivity contribution in [2.45, 2.75) is 6.42 Å². The second-order valence-corrected chi connectivity index (χ2v) is 7.87. The molecular formula is C20H23Cl2N3O2S. The number of carbonyl (C=O) groups is 1. The second-order valence-electron chi connectivity index (χ2n) is 6.46. The summed E-state index contributed by atoms with van der Waals surface area (Å²) in [7, 11) is 5.60.